The second-order valence-electron chi connectivity index (χ2n) is 11.9. The smallest absolute Gasteiger partial charge is 0.326 e. The zero-order chi connectivity index (χ0) is 31.7. The van der Waals surface area contributed by atoms with E-state index in [9.17, 15) is 19.5 Å². The first-order valence-corrected chi connectivity index (χ1v) is 14.8. The summed E-state index contributed by atoms with van der Waals surface area (Å²) in [5, 5.41) is 13.0. The number of carboxylic acids is 1. The van der Waals surface area contributed by atoms with Crippen molar-refractivity contribution in [2.45, 2.75) is 46.6 Å². The molecule has 4 aromatic rings. The predicted octanol–water partition coefficient (Wildman–Crippen LogP) is 7.18. The lowest BCUT2D eigenvalue weighted by Crippen LogP contribution is -2.40. The highest BCUT2D eigenvalue weighted by atomic mass is 16.5. The van der Waals surface area contributed by atoms with Gasteiger partial charge >= 0.3 is 5.97 Å². The Kier molecular flexibility index (Phi) is 10.6. The number of carbonyl (C=O) groups is 3. The van der Waals surface area contributed by atoms with E-state index < -0.39 is 17.4 Å². The summed E-state index contributed by atoms with van der Waals surface area (Å²) in [6.07, 6.45) is 0.855. The molecule has 2 N–H and O–H groups in total. The Balaban J connectivity index is 1.35. The third-order valence-electron chi connectivity index (χ3n) is 7.23. The molecule has 0 aromatic heterocycles. The van der Waals surface area contributed by atoms with Gasteiger partial charge in [-0.2, -0.15) is 0 Å². The first-order chi connectivity index (χ1) is 21.0. The molecule has 1 atom stereocenters. The van der Waals surface area contributed by atoms with Gasteiger partial charge in [0.05, 0.1) is 6.61 Å². The summed E-state index contributed by atoms with van der Waals surface area (Å²) in [7, 11) is 0. The second kappa shape index (κ2) is 14.5. The number of hydrogen-bond donors (Lipinski definition) is 2. The Morgan fingerprint density at radius 1 is 0.841 bits per heavy atom. The molecule has 228 valence electrons. The Bertz CT molecular complexity index is 1560. The van der Waals surface area contributed by atoms with Gasteiger partial charge in [0.1, 0.15) is 11.8 Å². The van der Waals surface area contributed by atoms with Gasteiger partial charge in [0.15, 0.2) is 5.78 Å². The monoisotopic (exact) mass is 592 g/mol. The second-order valence-corrected chi connectivity index (χ2v) is 11.9. The average Bonchev–Trinajstić information content (AvgIpc) is 3.01. The van der Waals surface area contributed by atoms with Crippen LogP contribution in [0.4, 0.5) is 11.4 Å². The molecule has 0 fully saturated rings. The number of ketones is 1. The molecule has 7 heteroatoms. The minimum absolute atomic E-state index is 0.0550. The maximum absolute atomic E-state index is 13.1. The molecule has 0 heterocycles. The maximum Gasteiger partial charge on any atom is 0.326 e. The first kappa shape index (κ1) is 32.0. The molecule has 1 amide bonds. The molecule has 0 aliphatic rings. The van der Waals surface area contributed by atoms with E-state index in [1.807, 2.05) is 87.2 Å². The minimum atomic E-state index is -1.02. The number of anilines is 2. The van der Waals surface area contributed by atoms with Crippen molar-refractivity contribution in [3.63, 3.8) is 0 Å². The Morgan fingerprint density at radius 2 is 1.48 bits per heavy atom. The van der Waals surface area contributed by atoms with Gasteiger partial charge in [0, 0.05) is 40.9 Å². The van der Waals surface area contributed by atoms with Gasteiger partial charge in [-0.3, -0.25) is 9.59 Å². The van der Waals surface area contributed by atoms with E-state index in [1.165, 1.54) is 0 Å². The fourth-order valence-electron chi connectivity index (χ4n) is 4.79. The zero-order valence-corrected chi connectivity index (χ0v) is 25.7. The summed E-state index contributed by atoms with van der Waals surface area (Å²) < 4.78 is 5.96. The Morgan fingerprint density at radius 3 is 2.11 bits per heavy atom. The lowest BCUT2D eigenvalue weighted by atomic mass is 9.94. The van der Waals surface area contributed by atoms with Crippen LogP contribution in [-0.2, 0) is 16.0 Å². The predicted molar refractivity (Wildman–Crippen MR) is 175 cm³/mol. The van der Waals surface area contributed by atoms with Gasteiger partial charge in [-0.15, -0.1) is 0 Å². The molecule has 4 rings (SSSR count). The van der Waals surface area contributed by atoms with Gasteiger partial charge < -0.3 is 20.1 Å². The Hall–Kier alpha value is -4.91. The van der Waals surface area contributed by atoms with E-state index in [2.05, 4.69) is 5.32 Å². The van der Waals surface area contributed by atoms with Crippen molar-refractivity contribution in [1.82, 2.24) is 0 Å². The first-order valence-electron chi connectivity index (χ1n) is 14.8. The largest absolute Gasteiger partial charge is 0.494 e. The maximum atomic E-state index is 13.1. The minimum Gasteiger partial charge on any atom is -0.494 e. The van der Waals surface area contributed by atoms with Gasteiger partial charge in [0.2, 0.25) is 5.91 Å². The van der Waals surface area contributed by atoms with E-state index in [0.717, 1.165) is 16.8 Å². The number of benzene rings is 4. The number of para-hydroxylation sites is 1. The van der Waals surface area contributed by atoms with Crippen molar-refractivity contribution in [1.29, 1.82) is 0 Å². The third-order valence-corrected chi connectivity index (χ3v) is 7.23. The number of nitrogens with one attached hydrogen (secondary N) is 1. The van der Waals surface area contributed by atoms with Crippen LogP contribution in [0, 0.1) is 12.3 Å². The van der Waals surface area contributed by atoms with Crippen molar-refractivity contribution in [3.05, 3.63) is 125 Å². The van der Waals surface area contributed by atoms with E-state index >= 15 is 0 Å². The number of rotatable bonds is 13. The zero-order valence-electron chi connectivity index (χ0n) is 25.7. The quantitative estimate of drug-likeness (QED) is 0.126. The number of nitrogens with zero attached hydrogens (tertiary/aromatic N) is 1. The summed E-state index contributed by atoms with van der Waals surface area (Å²) in [4.78, 5) is 40.2. The van der Waals surface area contributed by atoms with Crippen LogP contribution in [0.2, 0.25) is 0 Å². The molecule has 0 saturated carbocycles. The van der Waals surface area contributed by atoms with Crippen molar-refractivity contribution in [2.24, 2.45) is 5.41 Å². The highest BCUT2D eigenvalue weighted by molar-refractivity contribution is 6.12. The number of hydrogen-bond acceptors (Lipinski definition) is 5. The van der Waals surface area contributed by atoms with Crippen LogP contribution in [-0.4, -0.2) is 42.0 Å². The molecule has 0 aliphatic carbocycles. The normalized spacial score (nSPS) is 11.8. The lowest BCUT2D eigenvalue weighted by molar-refractivity contribution is -0.137. The molecule has 0 spiro atoms. The third kappa shape index (κ3) is 8.57. The molecule has 0 saturated heterocycles. The SMILES string of the molecule is Cc1ccc(N(CCCOc2ccc(CC(Nc3ccccc3C(=O)c3ccccc3)C(=O)O)cc2)C(=O)C(C)(C)C)cc1. The van der Waals surface area contributed by atoms with Crippen molar-refractivity contribution < 1.29 is 24.2 Å². The molecular formula is C37H40N2O5. The van der Waals surface area contributed by atoms with Crippen LogP contribution in [0.25, 0.3) is 0 Å². The summed E-state index contributed by atoms with van der Waals surface area (Å²) in [5.41, 5.74) is 3.73. The molecule has 7 nitrogen and oxygen atoms in total. The fraction of sp³-hybridized carbons (Fsp3) is 0.270. The van der Waals surface area contributed by atoms with Crippen LogP contribution < -0.4 is 15.0 Å². The van der Waals surface area contributed by atoms with E-state index in [1.54, 1.807) is 48.5 Å². The molecule has 0 bridgehead atoms. The van der Waals surface area contributed by atoms with Crippen molar-refractivity contribution >= 4 is 29.0 Å². The number of ether oxygens (including phenoxy) is 1. The highest BCUT2D eigenvalue weighted by Gasteiger charge is 2.28. The van der Waals surface area contributed by atoms with Crippen LogP contribution in [0.15, 0.2) is 103 Å². The topological polar surface area (TPSA) is 95.9 Å². The molecule has 0 radical (unpaired) electrons. The van der Waals surface area contributed by atoms with Gasteiger partial charge in [-0.05, 0) is 55.3 Å². The van der Waals surface area contributed by atoms with Crippen LogP contribution in [0.3, 0.4) is 0 Å². The summed E-state index contributed by atoms with van der Waals surface area (Å²) in [6.45, 7) is 8.72. The van der Waals surface area contributed by atoms with E-state index in [4.69, 9.17) is 4.74 Å². The van der Waals surface area contributed by atoms with Crippen LogP contribution in [0.5, 0.6) is 5.75 Å². The summed E-state index contributed by atoms with van der Waals surface area (Å²) in [5.74, 6) is -0.477. The van der Waals surface area contributed by atoms with E-state index in [0.29, 0.717) is 42.1 Å². The number of aryl methyl sites for hydroxylation is 1. The summed E-state index contributed by atoms with van der Waals surface area (Å²) >= 11 is 0. The Labute approximate surface area is 259 Å². The van der Waals surface area contributed by atoms with Crippen LogP contribution in [0.1, 0.15) is 54.2 Å². The standard InChI is InChI=1S/C37H40N2O5/c1-26-15-19-29(20-16-26)39(36(43)37(2,3)4)23-10-24-44-30-21-17-27(18-22-30)25-33(35(41)42)38-32-14-9-8-13-31(32)34(40)28-11-6-5-7-12-28/h5-9,11-22,33,38H,10,23-25H2,1-4H3,(H,41,42). The number of carboxylic acid groups (broad SMARTS) is 1. The van der Waals surface area contributed by atoms with Crippen molar-refractivity contribution in [2.75, 3.05) is 23.4 Å². The lowest BCUT2D eigenvalue weighted by Gasteiger charge is -2.29. The average molecular weight is 593 g/mol. The molecular weight excluding hydrogens is 552 g/mol. The van der Waals surface area contributed by atoms with Gasteiger partial charge in [-0.25, -0.2) is 4.79 Å². The highest BCUT2D eigenvalue weighted by Crippen LogP contribution is 2.25. The number of amides is 1. The molecule has 0 aliphatic heterocycles. The van der Waals surface area contributed by atoms with Gasteiger partial charge in [0.25, 0.3) is 0 Å². The number of aliphatic carboxylic acids is 1. The molecule has 44 heavy (non-hydrogen) atoms. The van der Waals surface area contributed by atoms with E-state index in [-0.39, 0.29) is 18.1 Å². The molecule has 4 aromatic carbocycles. The number of carbonyl (C=O) groups excluding carboxylic acids is 2. The molecule has 1 unspecified atom stereocenters. The summed E-state index contributed by atoms with van der Waals surface area (Å²) in [6, 6.07) is 30.2. The van der Waals surface area contributed by atoms with Gasteiger partial charge in [-0.1, -0.05) is 93.1 Å². The van der Waals surface area contributed by atoms with Crippen LogP contribution >= 0.6 is 0 Å². The fourth-order valence-corrected chi connectivity index (χ4v) is 4.79. The van der Waals surface area contributed by atoms with Crippen molar-refractivity contribution in [3.8, 4) is 5.75 Å².